The van der Waals surface area contributed by atoms with Gasteiger partial charge in [0.05, 0.1) is 0 Å². The Bertz CT molecular complexity index is 363. The van der Waals surface area contributed by atoms with Crippen molar-refractivity contribution in [2.45, 2.75) is 58.8 Å². The number of carbonyl (C=O) groups excluding carboxylic acids is 2. The molecule has 1 unspecified atom stereocenters. The van der Waals surface area contributed by atoms with E-state index in [-0.39, 0.29) is 17.5 Å². The van der Waals surface area contributed by atoms with Crippen molar-refractivity contribution in [2.24, 2.45) is 5.92 Å². The molecule has 18 heavy (non-hydrogen) atoms. The molecular weight excluding hydrogens is 224 g/mol. The Morgan fingerprint density at radius 1 is 1.39 bits per heavy atom. The molecule has 1 aliphatic carbocycles. The van der Waals surface area contributed by atoms with E-state index in [1.165, 1.54) is 6.42 Å². The number of allylic oxidation sites excluding steroid dienone is 3. The smallest absolute Gasteiger partial charge is 0.158 e. The topological polar surface area (TPSA) is 34.1 Å². The zero-order valence-corrected chi connectivity index (χ0v) is 11.6. The van der Waals surface area contributed by atoms with E-state index >= 15 is 0 Å². The molecule has 2 heteroatoms. The minimum absolute atomic E-state index is 0.117. The van der Waals surface area contributed by atoms with Crippen molar-refractivity contribution in [3.63, 3.8) is 0 Å². The Balaban J connectivity index is 2.33. The van der Waals surface area contributed by atoms with E-state index in [1.807, 2.05) is 6.92 Å². The molecule has 1 aliphatic rings. The third-order valence-electron chi connectivity index (χ3n) is 3.52. The van der Waals surface area contributed by atoms with Crippen LogP contribution in [-0.2, 0) is 9.59 Å². The van der Waals surface area contributed by atoms with Gasteiger partial charge in [-0.2, -0.15) is 0 Å². The lowest BCUT2D eigenvalue weighted by Gasteiger charge is -2.14. The molecule has 1 atom stereocenters. The van der Waals surface area contributed by atoms with Crippen LogP contribution in [0.3, 0.4) is 0 Å². The van der Waals surface area contributed by atoms with Crippen LogP contribution in [0.25, 0.3) is 0 Å². The summed E-state index contributed by atoms with van der Waals surface area (Å²) < 4.78 is 0. The largest absolute Gasteiger partial charge is 0.295 e. The van der Waals surface area contributed by atoms with Gasteiger partial charge in [0.15, 0.2) is 11.6 Å². The molecule has 1 rings (SSSR count). The Morgan fingerprint density at radius 3 is 2.67 bits per heavy atom. The van der Waals surface area contributed by atoms with Gasteiger partial charge < -0.3 is 0 Å². The molecule has 0 aliphatic heterocycles. The molecule has 0 saturated heterocycles. The van der Waals surface area contributed by atoms with Gasteiger partial charge in [0.1, 0.15) is 0 Å². The minimum Gasteiger partial charge on any atom is -0.295 e. The van der Waals surface area contributed by atoms with Crippen molar-refractivity contribution >= 4 is 11.6 Å². The quantitative estimate of drug-likeness (QED) is 0.638. The molecular formula is C16H24O2. The molecule has 0 radical (unpaired) electrons. The monoisotopic (exact) mass is 248 g/mol. The van der Waals surface area contributed by atoms with Crippen LogP contribution in [-0.4, -0.2) is 11.6 Å². The average molecular weight is 248 g/mol. The fourth-order valence-corrected chi connectivity index (χ4v) is 2.23. The first-order valence-corrected chi connectivity index (χ1v) is 6.91. The van der Waals surface area contributed by atoms with Crippen LogP contribution in [0.4, 0.5) is 0 Å². The number of Topliss-reactive ketones (excluding diaryl/α,β-unsaturated/α-hetero) is 2. The zero-order valence-electron chi connectivity index (χ0n) is 11.6. The van der Waals surface area contributed by atoms with Gasteiger partial charge >= 0.3 is 0 Å². The highest BCUT2D eigenvalue weighted by atomic mass is 16.1. The van der Waals surface area contributed by atoms with Crippen LogP contribution >= 0.6 is 0 Å². The maximum absolute atomic E-state index is 12.0. The van der Waals surface area contributed by atoms with E-state index in [1.54, 1.807) is 6.92 Å². The molecule has 0 N–H and O–H groups in total. The summed E-state index contributed by atoms with van der Waals surface area (Å²) in [6.45, 7) is 7.43. The zero-order chi connectivity index (χ0) is 13.5. The summed E-state index contributed by atoms with van der Waals surface area (Å²) in [6, 6.07) is 0. The van der Waals surface area contributed by atoms with Crippen LogP contribution in [0.2, 0.25) is 0 Å². The summed E-state index contributed by atoms with van der Waals surface area (Å²) in [7, 11) is 0. The predicted octanol–water partition coefficient (Wildman–Crippen LogP) is 4.01. The van der Waals surface area contributed by atoms with Gasteiger partial charge in [0, 0.05) is 12.8 Å². The Hall–Kier alpha value is -1.18. The lowest BCUT2D eigenvalue weighted by molar-refractivity contribution is -0.118. The highest BCUT2D eigenvalue weighted by Gasteiger charge is 2.16. The van der Waals surface area contributed by atoms with E-state index in [0.717, 1.165) is 31.3 Å². The van der Waals surface area contributed by atoms with Gasteiger partial charge in [-0.15, -0.1) is 0 Å². The molecule has 0 heterocycles. The molecule has 100 valence electrons. The molecule has 2 nitrogen and oxygen atoms in total. The number of hydrogen-bond acceptors (Lipinski definition) is 2. The normalized spacial score (nSPS) is 16.9. The SMILES string of the molecule is C=C(C)C(=O)CCC(C)CC(=O)C1=CCCCC1. The van der Waals surface area contributed by atoms with E-state index in [2.05, 4.69) is 12.7 Å². The summed E-state index contributed by atoms with van der Waals surface area (Å²) in [5.74, 6) is 0.680. The third-order valence-corrected chi connectivity index (χ3v) is 3.52. The first-order chi connectivity index (χ1) is 8.50. The summed E-state index contributed by atoms with van der Waals surface area (Å²) in [5.41, 5.74) is 1.63. The molecule has 0 spiro atoms. The van der Waals surface area contributed by atoms with E-state index in [4.69, 9.17) is 0 Å². The predicted molar refractivity (Wildman–Crippen MR) is 74.4 cm³/mol. The second kappa shape index (κ2) is 7.30. The number of hydrogen-bond donors (Lipinski definition) is 0. The van der Waals surface area contributed by atoms with Gasteiger partial charge in [-0.25, -0.2) is 0 Å². The Labute approximate surface area is 110 Å². The summed E-state index contributed by atoms with van der Waals surface area (Å²) in [6.07, 6.45) is 8.31. The van der Waals surface area contributed by atoms with Crippen LogP contribution in [0.1, 0.15) is 58.8 Å². The van der Waals surface area contributed by atoms with E-state index in [0.29, 0.717) is 18.4 Å². The molecule has 0 bridgehead atoms. The first kappa shape index (κ1) is 14.9. The Morgan fingerprint density at radius 2 is 2.11 bits per heavy atom. The third kappa shape index (κ3) is 4.99. The maximum atomic E-state index is 12.0. The van der Waals surface area contributed by atoms with Crippen molar-refractivity contribution in [1.82, 2.24) is 0 Å². The summed E-state index contributed by atoms with van der Waals surface area (Å²) >= 11 is 0. The van der Waals surface area contributed by atoms with Crippen LogP contribution in [0.5, 0.6) is 0 Å². The first-order valence-electron chi connectivity index (χ1n) is 6.91. The standard InChI is InChI=1S/C16H24O2/c1-12(2)15(17)10-9-13(3)11-16(18)14-7-5-4-6-8-14/h7,13H,1,4-6,8-11H2,2-3H3. The lowest BCUT2D eigenvalue weighted by atomic mass is 9.90. The number of rotatable bonds is 7. The van der Waals surface area contributed by atoms with E-state index < -0.39 is 0 Å². The van der Waals surface area contributed by atoms with Crippen molar-refractivity contribution in [2.75, 3.05) is 0 Å². The summed E-state index contributed by atoms with van der Waals surface area (Å²) in [4.78, 5) is 23.5. The van der Waals surface area contributed by atoms with Gasteiger partial charge in [-0.1, -0.05) is 19.6 Å². The van der Waals surface area contributed by atoms with Gasteiger partial charge in [0.2, 0.25) is 0 Å². The van der Waals surface area contributed by atoms with Crippen molar-refractivity contribution in [3.05, 3.63) is 23.8 Å². The minimum atomic E-state index is 0.117. The highest BCUT2D eigenvalue weighted by Crippen LogP contribution is 2.22. The van der Waals surface area contributed by atoms with Crippen molar-refractivity contribution in [1.29, 1.82) is 0 Å². The second-order valence-corrected chi connectivity index (χ2v) is 5.45. The second-order valence-electron chi connectivity index (χ2n) is 5.45. The van der Waals surface area contributed by atoms with Gasteiger partial charge in [-0.05, 0) is 56.1 Å². The Kier molecular flexibility index (Phi) is 6.03. The fraction of sp³-hybridized carbons (Fsp3) is 0.625. The molecule has 0 aromatic carbocycles. The van der Waals surface area contributed by atoms with Crippen LogP contribution in [0, 0.1) is 5.92 Å². The molecule has 0 amide bonds. The number of carbonyl (C=O) groups is 2. The van der Waals surface area contributed by atoms with Gasteiger partial charge in [-0.3, -0.25) is 9.59 Å². The molecule has 0 aromatic rings. The highest BCUT2D eigenvalue weighted by molar-refractivity contribution is 5.96. The molecule has 0 fully saturated rings. The van der Waals surface area contributed by atoms with Crippen molar-refractivity contribution < 1.29 is 9.59 Å². The van der Waals surface area contributed by atoms with Gasteiger partial charge in [0.25, 0.3) is 0 Å². The molecule has 0 aromatic heterocycles. The van der Waals surface area contributed by atoms with Crippen LogP contribution in [0.15, 0.2) is 23.8 Å². The van der Waals surface area contributed by atoms with Crippen molar-refractivity contribution in [3.8, 4) is 0 Å². The fourth-order valence-electron chi connectivity index (χ4n) is 2.23. The molecule has 0 saturated carbocycles. The summed E-state index contributed by atoms with van der Waals surface area (Å²) in [5, 5.41) is 0. The van der Waals surface area contributed by atoms with E-state index in [9.17, 15) is 9.59 Å². The average Bonchev–Trinajstić information content (AvgIpc) is 2.36. The van der Waals surface area contributed by atoms with Crippen LogP contribution < -0.4 is 0 Å². The maximum Gasteiger partial charge on any atom is 0.158 e. The number of ketones is 2. The lowest BCUT2D eigenvalue weighted by Crippen LogP contribution is -2.11.